The molecule has 88 valence electrons. The molecule has 0 heterocycles. The SMILES string of the molecule is Cc1cc(C)c(C)c(Sc2ccc(O)cc2)c1. The van der Waals surface area contributed by atoms with Crippen molar-refractivity contribution in [3.05, 3.63) is 53.1 Å². The first-order valence-electron chi connectivity index (χ1n) is 5.61. The Morgan fingerprint density at radius 2 is 1.59 bits per heavy atom. The molecule has 0 aliphatic rings. The van der Waals surface area contributed by atoms with E-state index in [9.17, 15) is 5.11 Å². The van der Waals surface area contributed by atoms with Crippen molar-refractivity contribution < 1.29 is 5.11 Å². The number of rotatable bonds is 2. The van der Waals surface area contributed by atoms with Gasteiger partial charge in [-0.3, -0.25) is 0 Å². The molecule has 0 unspecified atom stereocenters. The molecule has 0 saturated heterocycles. The van der Waals surface area contributed by atoms with E-state index < -0.39 is 0 Å². The normalized spacial score (nSPS) is 10.5. The summed E-state index contributed by atoms with van der Waals surface area (Å²) in [5, 5.41) is 9.26. The van der Waals surface area contributed by atoms with Gasteiger partial charge in [0.2, 0.25) is 0 Å². The van der Waals surface area contributed by atoms with E-state index in [0.717, 1.165) is 4.90 Å². The average molecular weight is 244 g/mol. The Labute approximate surface area is 107 Å². The van der Waals surface area contributed by atoms with Crippen LogP contribution in [-0.4, -0.2) is 5.11 Å². The molecule has 0 saturated carbocycles. The highest BCUT2D eigenvalue weighted by molar-refractivity contribution is 7.99. The van der Waals surface area contributed by atoms with Gasteiger partial charge in [-0.15, -0.1) is 0 Å². The van der Waals surface area contributed by atoms with Gasteiger partial charge >= 0.3 is 0 Å². The zero-order valence-corrected chi connectivity index (χ0v) is 11.1. The third-order valence-electron chi connectivity index (χ3n) is 2.83. The molecule has 1 nitrogen and oxygen atoms in total. The lowest BCUT2D eigenvalue weighted by Crippen LogP contribution is -1.87. The van der Waals surface area contributed by atoms with Gasteiger partial charge in [-0.2, -0.15) is 0 Å². The quantitative estimate of drug-likeness (QED) is 0.841. The van der Waals surface area contributed by atoms with Crippen LogP contribution in [0.3, 0.4) is 0 Å². The van der Waals surface area contributed by atoms with Crippen molar-refractivity contribution in [2.24, 2.45) is 0 Å². The Kier molecular flexibility index (Phi) is 3.43. The van der Waals surface area contributed by atoms with Crippen molar-refractivity contribution in [3.8, 4) is 5.75 Å². The van der Waals surface area contributed by atoms with E-state index in [1.807, 2.05) is 12.1 Å². The van der Waals surface area contributed by atoms with Crippen LogP contribution in [0.15, 0.2) is 46.2 Å². The minimum absolute atomic E-state index is 0.312. The smallest absolute Gasteiger partial charge is 0.115 e. The first-order chi connectivity index (χ1) is 8.06. The van der Waals surface area contributed by atoms with Crippen molar-refractivity contribution in [1.82, 2.24) is 0 Å². The fourth-order valence-corrected chi connectivity index (χ4v) is 2.83. The number of phenols is 1. The van der Waals surface area contributed by atoms with Gasteiger partial charge in [-0.05, 0) is 67.8 Å². The maximum Gasteiger partial charge on any atom is 0.115 e. The van der Waals surface area contributed by atoms with Crippen LogP contribution in [-0.2, 0) is 0 Å². The summed E-state index contributed by atoms with van der Waals surface area (Å²) in [5.74, 6) is 0.312. The summed E-state index contributed by atoms with van der Waals surface area (Å²) in [7, 11) is 0. The molecule has 2 aromatic carbocycles. The van der Waals surface area contributed by atoms with Crippen LogP contribution in [0.2, 0.25) is 0 Å². The molecule has 0 radical (unpaired) electrons. The van der Waals surface area contributed by atoms with Gasteiger partial charge in [0.15, 0.2) is 0 Å². The Morgan fingerprint density at radius 3 is 2.24 bits per heavy atom. The third kappa shape index (κ3) is 2.83. The van der Waals surface area contributed by atoms with Gasteiger partial charge < -0.3 is 5.11 Å². The molecule has 0 fully saturated rings. The van der Waals surface area contributed by atoms with Crippen LogP contribution in [0.4, 0.5) is 0 Å². The predicted molar refractivity (Wildman–Crippen MR) is 72.9 cm³/mol. The maximum absolute atomic E-state index is 9.26. The van der Waals surface area contributed by atoms with E-state index in [2.05, 4.69) is 32.9 Å². The maximum atomic E-state index is 9.26. The van der Waals surface area contributed by atoms with Crippen molar-refractivity contribution in [3.63, 3.8) is 0 Å². The summed E-state index contributed by atoms with van der Waals surface area (Å²) in [6, 6.07) is 11.7. The minimum atomic E-state index is 0.312. The molecule has 1 N–H and O–H groups in total. The van der Waals surface area contributed by atoms with Crippen molar-refractivity contribution in [2.75, 3.05) is 0 Å². The summed E-state index contributed by atoms with van der Waals surface area (Å²) in [6.07, 6.45) is 0. The lowest BCUT2D eigenvalue weighted by atomic mass is 10.1. The largest absolute Gasteiger partial charge is 0.508 e. The van der Waals surface area contributed by atoms with E-state index >= 15 is 0 Å². The number of phenolic OH excluding ortho intramolecular Hbond substituents is 1. The van der Waals surface area contributed by atoms with E-state index in [0.29, 0.717) is 5.75 Å². The second kappa shape index (κ2) is 4.84. The highest BCUT2D eigenvalue weighted by Crippen LogP contribution is 2.33. The van der Waals surface area contributed by atoms with E-state index in [-0.39, 0.29) is 0 Å². The lowest BCUT2D eigenvalue weighted by Gasteiger charge is -2.10. The summed E-state index contributed by atoms with van der Waals surface area (Å²) < 4.78 is 0. The molecule has 2 heteroatoms. The van der Waals surface area contributed by atoms with E-state index in [1.54, 1.807) is 23.9 Å². The van der Waals surface area contributed by atoms with Crippen LogP contribution in [0.1, 0.15) is 16.7 Å². The molecule has 2 aromatic rings. The molecular formula is C15H16OS. The standard InChI is InChI=1S/C15H16OS/c1-10-8-11(2)12(3)15(9-10)17-14-6-4-13(16)5-7-14/h4-9,16H,1-3H3. The number of aromatic hydroxyl groups is 1. The van der Waals surface area contributed by atoms with Crippen LogP contribution < -0.4 is 0 Å². The molecule has 0 aliphatic carbocycles. The van der Waals surface area contributed by atoms with E-state index in [4.69, 9.17) is 0 Å². The Balaban J connectivity index is 2.32. The second-order valence-corrected chi connectivity index (χ2v) is 5.42. The topological polar surface area (TPSA) is 20.2 Å². The highest BCUT2D eigenvalue weighted by atomic mass is 32.2. The van der Waals surface area contributed by atoms with Gasteiger partial charge in [-0.25, -0.2) is 0 Å². The minimum Gasteiger partial charge on any atom is -0.508 e. The highest BCUT2D eigenvalue weighted by Gasteiger charge is 2.04. The van der Waals surface area contributed by atoms with Crippen LogP contribution in [0.25, 0.3) is 0 Å². The number of aryl methyl sites for hydroxylation is 2. The monoisotopic (exact) mass is 244 g/mol. The molecular weight excluding hydrogens is 228 g/mol. The molecule has 0 bridgehead atoms. The Hall–Kier alpha value is -1.41. The van der Waals surface area contributed by atoms with Gasteiger partial charge in [0, 0.05) is 9.79 Å². The van der Waals surface area contributed by atoms with Crippen LogP contribution >= 0.6 is 11.8 Å². The van der Waals surface area contributed by atoms with Gasteiger partial charge in [0.25, 0.3) is 0 Å². The zero-order chi connectivity index (χ0) is 12.4. The summed E-state index contributed by atoms with van der Waals surface area (Å²) in [5.41, 5.74) is 3.94. The molecule has 0 spiro atoms. The molecule has 2 rings (SSSR count). The number of hydrogen-bond donors (Lipinski definition) is 1. The summed E-state index contributed by atoms with van der Waals surface area (Å²) in [6.45, 7) is 6.41. The average Bonchev–Trinajstić information content (AvgIpc) is 2.28. The fraction of sp³-hybridized carbons (Fsp3) is 0.200. The molecule has 0 aromatic heterocycles. The third-order valence-corrected chi connectivity index (χ3v) is 3.98. The van der Waals surface area contributed by atoms with E-state index in [1.165, 1.54) is 21.6 Å². The number of hydrogen-bond acceptors (Lipinski definition) is 2. The first-order valence-corrected chi connectivity index (χ1v) is 6.42. The molecule has 0 amide bonds. The van der Waals surface area contributed by atoms with Crippen molar-refractivity contribution >= 4 is 11.8 Å². The number of benzene rings is 2. The van der Waals surface area contributed by atoms with Gasteiger partial charge in [-0.1, -0.05) is 17.8 Å². The van der Waals surface area contributed by atoms with Gasteiger partial charge in [0.05, 0.1) is 0 Å². The molecule has 17 heavy (non-hydrogen) atoms. The molecule has 0 atom stereocenters. The van der Waals surface area contributed by atoms with Gasteiger partial charge in [0.1, 0.15) is 5.75 Å². The zero-order valence-electron chi connectivity index (χ0n) is 10.3. The summed E-state index contributed by atoms with van der Waals surface area (Å²) in [4.78, 5) is 2.43. The molecule has 0 aliphatic heterocycles. The predicted octanol–water partition coefficient (Wildman–Crippen LogP) is 4.47. The fourth-order valence-electron chi connectivity index (χ4n) is 1.75. The second-order valence-electron chi connectivity index (χ2n) is 4.30. The van der Waals surface area contributed by atoms with Crippen LogP contribution in [0.5, 0.6) is 5.75 Å². The summed E-state index contributed by atoms with van der Waals surface area (Å²) >= 11 is 1.74. The van der Waals surface area contributed by atoms with Crippen molar-refractivity contribution in [2.45, 2.75) is 30.6 Å². The van der Waals surface area contributed by atoms with Crippen molar-refractivity contribution in [1.29, 1.82) is 0 Å². The lowest BCUT2D eigenvalue weighted by molar-refractivity contribution is 0.475. The van der Waals surface area contributed by atoms with Crippen LogP contribution in [0, 0.1) is 20.8 Å². The first kappa shape index (κ1) is 12.1. The Morgan fingerprint density at radius 1 is 0.941 bits per heavy atom. The Bertz CT molecular complexity index is 529.